The Kier molecular flexibility index (Phi) is 2.42. The van der Waals surface area contributed by atoms with Crippen molar-refractivity contribution in [2.24, 2.45) is 5.16 Å². The van der Waals surface area contributed by atoms with E-state index < -0.39 is 5.60 Å². The van der Waals surface area contributed by atoms with E-state index in [0.29, 0.717) is 5.84 Å². The van der Waals surface area contributed by atoms with Gasteiger partial charge in [-0.3, -0.25) is 4.79 Å². The molecule has 4 heteroatoms. The molecule has 1 aromatic rings. The first-order valence-corrected chi connectivity index (χ1v) is 5.14. The summed E-state index contributed by atoms with van der Waals surface area (Å²) in [7, 11) is 0. The largest absolute Gasteiger partial charge is 0.378 e. The minimum Gasteiger partial charge on any atom is -0.378 e. The van der Waals surface area contributed by atoms with Crippen molar-refractivity contribution in [3.8, 4) is 0 Å². The van der Waals surface area contributed by atoms with Gasteiger partial charge in [0.05, 0.1) is 0 Å². The number of amides is 1. The van der Waals surface area contributed by atoms with Crippen LogP contribution in [-0.4, -0.2) is 17.3 Å². The number of nitrogens with one attached hydrogen (secondary N) is 1. The Bertz CT molecular complexity index is 447. The number of nitrogens with zero attached hydrogens (tertiary/aromatic N) is 1. The zero-order valence-electron chi connectivity index (χ0n) is 9.57. The fourth-order valence-electron chi connectivity index (χ4n) is 1.32. The highest BCUT2D eigenvalue weighted by Crippen LogP contribution is 2.15. The third kappa shape index (κ3) is 1.91. The fourth-order valence-corrected chi connectivity index (χ4v) is 1.32. The first-order chi connectivity index (χ1) is 7.49. The van der Waals surface area contributed by atoms with Crippen molar-refractivity contribution >= 4 is 11.7 Å². The van der Waals surface area contributed by atoms with E-state index in [1.54, 1.807) is 13.8 Å². The van der Waals surface area contributed by atoms with Crippen LogP contribution in [0.25, 0.3) is 0 Å². The topological polar surface area (TPSA) is 50.7 Å². The molecule has 1 aromatic carbocycles. The molecule has 0 fully saturated rings. The number of benzene rings is 1. The van der Waals surface area contributed by atoms with Crippen LogP contribution in [0.5, 0.6) is 0 Å². The van der Waals surface area contributed by atoms with Gasteiger partial charge in [-0.2, -0.15) is 0 Å². The second-order valence-corrected chi connectivity index (χ2v) is 4.36. The molecule has 1 N–H and O–H groups in total. The lowest BCUT2D eigenvalue weighted by molar-refractivity contribution is -0.143. The number of hydrogen-bond donors (Lipinski definition) is 1. The molecule has 0 unspecified atom stereocenters. The molecule has 0 saturated heterocycles. The SMILES string of the molecule is Cc1ccc(C2=NOC(C)(C)C(=O)N2)cc1. The van der Waals surface area contributed by atoms with Crippen LogP contribution in [0.4, 0.5) is 0 Å². The molecule has 84 valence electrons. The number of carbonyl (C=O) groups excluding carboxylic acids is 1. The molecular weight excluding hydrogens is 204 g/mol. The van der Waals surface area contributed by atoms with E-state index >= 15 is 0 Å². The highest BCUT2D eigenvalue weighted by Gasteiger charge is 2.34. The Morgan fingerprint density at radius 2 is 1.88 bits per heavy atom. The molecule has 1 aliphatic heterocycles. The Labute approximate surface area is 94.3 Å². The summed E-state index contributed by atoms with van der Waals surface area (Å²) in [4.78, 5) is 16.8. The third-order valence-electron chi connectivity index (χ3n) is 2.47. The molecule has 1 amide bonds. The van der Waals surface area contributed by atoms with Crippen LogP contribution in [0, 0.1) is 6.92 Å². The molecule has 0 atom stereocenters. The first-order valence-electron chi connectivity index (χ1n) is 5.14. The average Bonchev–Trinajstić information content (AvgIpc) is 2.24. The van der Waals surface area contributed by atoms with Crippen molar-refractivity contribution < 1.29 is 9.63 Å². The molecule has 0 radical (unpaired) electrons. The zero-order valence-corrected chi connectivity index (χ0v) is 9.57. The van der Waals surface area contributed by atoms with Crippen molar-refractivity contribution in [2.75, 3.05) is 0 Å². The lowest BCUT2D eigenvalue weighted by Crippen LogP contribution is -2.50. The van der Waals surface area contributed by atoms with Gasteiger partial charge in [0.25, 0.3) is 5.91 Å². The minimum absolute atomic E-state index is 0.182. The lowest BCUT2D eigenvalue weighted by Gasteiger charge is -2.26. The molecule has 0 aromatic heterocycles. The predicted octanol–water partition coefficient (Wildman–Crippen LogP) is 1.58. The molecule has 1 heterocycles. The van der Waals surface area contributed by atoms with Gasteiger partial charge in [-0.25, -0.2) is 0 Å². The molecule has 0 saturated carbocycles. The van der Waals surface area contributed by atoms with Crippen molar-refractivity contribution in [1.82, 2.24) is 5.32 Å². The molecule has 2 rings (SSSR count). The van der Waals surface area contributed by atoms with Gasteiger partial charge in [-0.15, -0.1) is 0 Å². The van der Waals surface area contributed by atoms with E-state index in [4.69, 9.17) is 4.84 Å². The summed E-state index contributed by atoms with van der Waals surface area (Å²) >= 11 is 0. The van der Waals surface area contributed by atoms with Gasteiger partial charge in [0, 0.05) is 5.56 Å². The van der Waals surface area contributed by atoms with Crippen molar-refractivity contribution in [3.63, 3.8) is 0 Å². The Balaban J connectivity index is 2.28. The van der Waals surface area contributed by atoms with E-state index in [-0.39, 0.29) is 5.91 Å². The maximum atomic E-state index is 11.6. The standard InChI is InChI=1S/C12H14N2O2/c1-8-4-6-9(7-5-8)10-13-11(15)12(2,3)16-14-10/h4-7H,1-3H3,(H,13,14,15). The maximum absolute atomic E-state index is 11.6. The molecule has 0 aliphatic carbocycles. The van der Waals surface area contributed by atoms with Crippen LogP contribution in [0.3, 0.4) is 0 Å². The summed E-state index contributed by atoms with van der Waals surface area (Å²) in [5.74, 6) is 0.280. The fraction of sp³-hybridized carbons (Fsp3) is 0.333. The number of oxime groups is 1. The van der Waals surface area contributed by atoms with Crippen molar-refractivity contribution in [1.29, 1.82) is 0 Å². The van der Waals surface area contributed by atoms with Gasteiger partial charge >= 0.3 is 0 Å². The second-order valence-electron chi connectivity index (χ2n) is 4.36. The normalized spacial score (nSPS) is 18.4. The monoisotopic (exact) mass is 218 g/mol. The maximum Gasteiger partial charge on any atom is 0.272 e. The molecular formula is C12H14N2O2. The van der Waals surface area contributed by atoms with Gasteiger partial charge in [-0.1, -0.05) is 35.0 Å². The summed E-state index contributed by atoms with van der Waals surface area (Å²) in [5, 5.41) is 6.65. The molecule has 1 aliphatic rings. The van der Waals surface area contributed by atoms with Gasteiger partial charge in [0.1, 0.15) is 0 Å². The van der Waals surface area contributed by atoms with Crippen LogP contribution in [0.2, 0.25) is 0 Å². The van der Waals surface area contributed by atoms with Gasteiger partial charge in [0.15, 0.2) is 5.84 Å². The van der Waals surface area contributed by atoms with E-state index in [1.165, 1.54) is 0 Å². The third-order valence-corrected chi connectivity index (χ3v) is 2.47. The van der Waals surface area contributed by atoms with E-state index in [0.717, 1.165) is 11.1 Å². The number of rotatable bonds is 1. The second kappa shape index (κ2) is 3.63. The van der Waals surface area contributed by atoms with Crippen LogP contribution in [0.15, 0.2) is 29.4 Å². The number of aryl methyl sites for hydroxylation is 1. The lowest BCUT2D eigenvalue weighted by atomic mass is 10.1. The summed E-state index contributed by atoms with van der Waals surface area (Å²) in [6, 6.07) is 7.72. The quantitative estimate of drug-likeness (QED) is 0.778. The molecule has 16 heavy (non-hydrogen) atoms. The number of carbonyl (C=O) groups is 1. The molecule has 0 spiro atoms. The molecule has 4 nitrogen and oxygen atoms in total. The average molecular weight is 218 g/mol. The first kappa shape index (κ1) is 10.7. The van der Waals surface area contributed by atoms with E-state index in [9.17, 15) is 4.79 Å². The Morgan fingerprint density at radius 3 is 2.44 bits per heavy atom. The van der Waals surface area contributed by atoms with Crippen LogP contribution >= 0.6 is 0 Å². The summed E-state index contributed by atoms with van der Waals surface area (Å²) in [5.41, 5.74) is 1.11. The highest BCUT2D eigenvalue weighted by molar-refractivity contribution is 6.10. The number of hydrogen-bond acceptors (Lipinski definition) is 3. The van der Waals surface area contributed by atoms with Crippen LogP contribution in [-0.2, 0) is 9.63 Å². The molecule has 0 bridgehead atoms. The minimum atomic E-state index is -0.895. The van der Waals surface area contributed by atoms with Crippen LogP contribution in [0.1, 0.15) is 25.0 Å². The Morgan fingerprint density at radius 1 is 1.25 bits per heavy atom. The van der Waals surface area contributed by atoms with E-state index in [2.05, 4.69) is 10.5 Å². The van der Waals surface area contributed by atoms with E-state index in [1.807, 2.05) is 31.2 Å². The summed E-state index contributed by atoms with van der Waals surface area (Å²) in [6.07, 6.45) is 0. The van der Waals surface area contributed by atoms with Crippen LogP contribution < -0.4 is 5.32 Å². The van der Waals surface area contributed by atoms with Crippen molar-refractivity contribution in [3.05, 3.63) is 35.4 Å². The van der Waals surface area contributed by atoms with Crippen molar-refractivity contribution in [2.45, 2.75) is 26.4 Å². The number of amidine groups is 1. The van der Waals surface area contributed by atoms with Gasteiger partial charge in [-0.05, 0) is 20.8 Å². The zero-order chi connectivity index (χ0) is 11.8. The van der Waals surface area contributed by atoms with Gasteiger partial charge in [0.2, 0.25) is 5.60 Å². The van der Waals surface area contributed by atoms with Gasteiger partial charge < -0.3 is 10.2 Å². The smallest absolute Gasteiger partial charge is 0.272 e. The predicted molar refractivity (Wildman–Crippen MR) is 61.0 cm³/mol. The summed E-state index contributed by atoms with van der Waals surface area (Å²) in [6.45, 7) is 5.36. The highest BCUT2D eigenvalue weighted by atomic mass is 16.7. The summed E-state index contributed by atoms with van der Waals surface area (Å²) < 4.78 is 0. The Hall–Kier alpha value is -1.84.